The molecule has 3 aliphatic rings. The van der Waals surface area contributed by atoms with Gasteiger partial charge in [-0.2, -0.15) is 16.9 Å². The molecule has 0 saturated carbocycles. The molecule has 0 N–H and O–H groups in total. The summed E-state index contributed by atoms with van der Waals surface area (Å²) >= 11 is 2.00. The minimum Gasteiger partial charge on any atom is -0.356 e. The third-order valence-electron chi connectivity index (χ3n) is 6.24. The number of aryl methyl sites for hydroxylation is 1. The molecule has 5 heterocycles. The predicted octanol–water partition coefficient (Wildman–Crippen LogP) is 2.93. The third-order valence-corrected chi connectivity index (χ3v) is 7.25. The first-order chi connectivity index (χ1) is 13.5. The first kappa shape index (κ1) is 18.2. The Morgan fingerprint density at radius 3 is 2.36 bits per heavy atom. The molecule has 3 aliphatic heterocycles. The average molecular weight is 397 g/mol. The SMILES string of the molecule is CC(C)(C)c1cc(N2CC3CN(c4cc5c(nn4)CCSC5)CC3C2)ncn1. The number of rotatable bonds is 2. The molecule has 5 rings (SSSR count). The average Bonchev–Trinajstić information content (AvgIpc) is 3.26. The Morgan fingerprint density at radius 1 is 0.929 bits per heavy atom. The summed E-state index contributed by atoms with van der Waals surface area (Å²) in [5.74, 6) is 5.73. The second-order valence-electron chi connectivity index (χ2n) is 9.32. The molecule has 2 fully saturated rings. The number of hydrogen-bond acceptors (Lipinski definition) is 7. The Bertz CT molecular complexity index is 865. The van der Waals surface area contributed by atoms with Crippen molar-refractivity contribution in [3.63, 3.8) is 0 Å². The second-order valence-corrected chi connectivity index (χ2v) is 10.4. The minimum absolute atomic E-state index is 0.0491. The summed E-state index contributed by atoms with van der Waals surface area (Å²) in [4.78, 5) is 13.9. The molecular formula is C21H28N6S. The van der Waals surface area contributed by atoms with Crippen molar-refractivity contribution in [1.82, 2.24) is 20.2 Å². The monoisotopic (exact) mass is 396 g/mol. The van der Waals surface area contributed by atoms with E-state index in [-0.39, 0.29) is 5.41 Å². The van der Waals surface area contributed by atoms with Gasteiger partial charge in [0.25, 0.3) is 0 Å². The fourth-order valence-corrected chi connectivity index (χ4v) is 5.53. The van der Waals surface area contributed by atoms with Gasteiger partial charge >= 0.3 is 0 Å². The summed E-state index contributed by atoms with van der Waals surface area (Å²) in [6.45, 7) is 10.9. The van der Waals surface area contributed by atoms with Crippen molar-refractivity contribution in [3.8, 4) is 0 Å². The lowest BCUT2D eigenvalue weighted by atomic mass is 9.92. The van der Waals surface area contributed by atoms with Gasteiger partial charge in [0.1, 0.15) is 12.1 Å². The lowest BCUT2D eigenvalue weighted by Crippen LogP contribution is -2.30. The molecular weight excluding hydrogens is 368 g/mol. The second kappa shape index (κ2) is 6.87. The van der Waals surface area contributed by atoms with Gasteiger partial charge in [0.2, 0.25) is 0 Å². The van der Waals surface area contributed by atoms with E-state index in [4.69, 9.17) is 0 Å². The van der Waals surface area contributed by atoms with Crippen molar-refractivity contribution in [2.24, 2.45) is 11.8 Å². The highest BCUT2D eigenvalue weighted by atomic mass is 32.2. The Hall–Kier alpha value is -1.89. The van der Waals surface area contributed by atoms with Crippen LogP contribution in [0.25, 0.3) is 0 Å². The van der Waals surface area contributed by atoms with Crippen LogP contribution in [0.3, 0.4) is 0 Å². The largest absolute Gasteiger partial charge is 0.356 e. The van der Waals surface area contributed by atoms with E-state index in [0.717, 1.165) is 55.7 Å². The van der Waals surface area contributed by atoms with Crippen molar-refractivity contribution < 1.29 is 0 Å². The van der Waals surface area contributed by atoms with Gasteiger partial charge < -0.3 is 9.80 Å². The molecule has 2 unspecified atom stereocenters. The van der Waals surface area contributed by atoms with E-state index in [1.54, 1.807) is 6.33 Å². The zero-order valence-electron chi connectivity index (χ0n) is 16.9. The number of hydrogen-bond donors (Lipinski definition) is 0. The van der Waals surface area contributed by atoms with Crippen molar-refractivity contribution in [2.75, 3.05) is 41.7 Å². The summed E-state index contributed by atoms with van der Waals surface area (Å²) in [5.41, 5.74) is 3.74. The van der Waals surface area contributed by atoms with Crippen molar-refractivity contribution in [3.05, 3.63) is 35.4 Å². The van der Waals surface area contributed by atoms with Gasteiger partial charge in [0.15, 0.2) is 5.82 Å². The van der Waals surface area contributed by atoms with Gasteiger partial charge in [-0.25, -0.2) is 9.97 Å². The van der Waals surface area contributed by atoms with E-state index in [9.17, 15) is 0 Å². The van der Waals surface area contributed by atoms with Crippen LogP contribution in [-0.2, 0) is 17.6 Å². The van der Waals surface area contributed by atoms with E-state index in [2.05, 4.69) is 62.9 Å². The molecule has 2 aromatic heterocycles. The van der Waals surface area contributed by atoms with Crippen LogP contribution < -0.4 is 9.80 Å². The van der Waals surface area contributed by atoms with Crippen LogP contribution in [0.2, 0.25) is 0 Å². The summed E-state index contributed by atoms with van der Waals surface area (Å²) in [7, 11) is 0. The van der Waals surface area contributed by atoms with Crippen LogP contribution >= 0.6 is 11.8 Å². The van der Waals surface area contributed by atoms with Crippen molar-refractivity contribution >= 4 is 23.4 Å². The number of fused-ring (bicyclic) bond motifs is 2. The Morgan fingerprint density at radius 2 is 1.64 bits per heavy atom. The third kappa shape index (κ3) is 3.34. The van der Waals surface area contributed by atoms with Gasteiger partial charge in [-0.05, 0) is 17.4 Å². The van der Waals surface area contributed by atoms with E-state index >= 15 is 0 Å². The van der Waals surface area contributed by atoms with E-state index in [0.29, 0.717) is 11.8 Å². The van der Waals surface area contributed by atoms with Crippen molar-refractivity contribution in [1.29, 1.82) is 0 Å². The van der Waals surface area contributed by atoms with Gasteiger partial charge in [-0.15, -0.1) is 5.10 Å². The molecule has 0 aliphatic carbocycles. The summed E-state index contributed by atoms with van der Waals surface area (Å²) in [6, 6.07) is 4.46. The molecule has 2 atom stereocenters. The Labute approximate surface area is 171 Å². The Kier molecular flexibility index (Phi) is 4.45. The zero-order chi connectivity index (χ0) is 19.3. The molecule has 6 nitrogen and oxygen atoms in total. The minimum atomic E-state index is 0.0491. The lowest BCUT2D eigenvalue weighted by Gasteiger charge is -2.25. The molecule has 148 valence electrons. The molecule has 0 bridgehead atoms. The molecule has 0 radical (unpaired) electrons. The number of anilines is 2. The molecule has 2 aromatic rings. The topological polar surface area (TPSA) is 58.0 Å². The molecule has 2 saturated heterocycles. The summed E-state index contributed by atoms with van der Waals surface area (Å²) in [5, 5.41) is 9.07. The quantitative estimate of drug-likeness (QED) is 0.773. The van der Waals surface area contributed by atoms with E-state index in [1.807, 2.05) is 11.8 Å². The summed E-state index contributed by atoms with van der Waals surface area (Å²) < 4.78 is 0. The highest BCUT2D eigenvalue weighted by molar-refractivity contribution is 7.98. The molecule has 7 heteroatoms. The van der Waals surface area contributed by atoms with Gasteiger partial charge in [0.05, 0.1) is 11.4 Å². The fraction of sp³-hybridized carbons (Fsp3) is 0.619. The van der Waals surface area contributed by atoms with E-state index < -0.39 is 0 Å². The van der Waals surface area contributed by atoms with Crippen LogP contribution in [-0.4, -0.2) is 52.1 Å². The highest BCUT2D eigenvalue weighted by Crippen LogP contribution is 2.36. The molecule has 28 heavy (non-hydrogen) atoms. The maximum absolute atomic E-state index is 4.56. The molecule has 0 amide bonds. The van der Waals surface area contributed by atoms with Gasteiger partial charge in [0, 0.05) is 61.7 Å². The Balaban J connectivity index is 1.28. The maximum Gasteiger partial charge on any atom is 0.151 e. The van der Waals surface area contributed by atoms with Crippen molar-refractivity contribution in [2.45, 2.75) is 38.4 Å². The molecule has 0 spiro atoms. The number of aromatic nitrogens is 4. The van der Waals surface area contributed by atoms with Gasteiger partial charge in [-0.3, -0.25) is 0 Å². The maximum atomic E-state index is 4.56. The van der Waals surface area contributed by atoms with Crippen LogP contribution in [0.5, 0.6) is 0 Å². The van der Waals surface area contributed by atoms with Crippen LogP contribution in [0.4, 0.5) is 11.6 Å². The van der Waals surface area contributed by atoms with Gasteiger partial charge in [-0.1, -0.05) is 20.8 Å². The standard InChI is InChI=1S/C21H28N6S/c1-21(2,3)18-7-19(23-13-22-18)26-8-15-10-27(11-16(15)9-26)20-6-14-12-28-5-4-17(14)24-25-20/h6-7,13,15-16H,4-5,8-12H2,1-3H3. The normalized spacial score (nSPS) is 24.4. The predicted molar refractivity (Wildman–Crippen MR) is 114 cm³/mol. The lowest BCUT2D eigenvalue weighted by molar-refractivity contribution is 0.533. The highest BCUT2D eigenvalue weighted by Gasteiger charge is 2.41. The van der Waals surface area contributed by atoms with Crippen LogP contribution in [0.1, 0.15) is 37.7 Å². The first-order valence-corrected chi connectivity index (χ1v) is 11.4. The summed E-state index contributed by atoms with van der Waals surface area (Å²) in [6.07, 6.45) is 2.78. The fourth-order valence-electron chi connectivity index (χ4n) is 4.58. The van der Waals surface area contributed by atoms with Crippen LogP contribution in [0.15, 0.2) is 18.5 Å². The number of thioether (sulfide) groups is 1. The van der Waals surface area contributed by atoms with Crippen LogP contribution in [0, 0.1) is 11.8 Å². The molecule has 0 aromatic carbocycles. The first-order valence-electron chi connectivity index (χ1n) is 10.2. The smallest absolute Gasteiger partial charge is 0.151 e. The van der Waals surface area contributed by atoms with E-state index in [1.165, 1.54) is 17.0 Å². The number of nitrogens with zero attached hydrogens (tertiary/aromatic N) is 6. The zero-order valence-corrected chi connectivity index (χ0v) is 17.7.